The van der Waals surface area contributed by atoms with Gasteiger partial charge in [-0.3, -0.25) is 0 Å². The maximum Gasteiger partial charge on any atom is 0.0882 e. The molecule has 0 bridgehead atoms. The van der Waals surface area contributed by atoms with Gasteiger partial charge in [-0.1, -0.05) is 13.8 Å². The van der Waals surface area contributed by atoms with Crippen LogP contribution in [0.15, 0.2) is 17.5 Å². The Bertz CT molecular complexity index is 219. The van der Waals surface area contributed by atoms with Crippen molar-refractivity contribution >= 4 is 16.3 Å². The number of rotatable bonds is 5. The van der Waals surface area contributed by atoms with Crippen molar-refractivity contribution in [1.82, 2.24) is 0 Å². The van der Waals surface area contributed by atoms with Crippen molar-refractivity contribution in [3.63, 3.8) is 0 Å². The highest BCUT2D eigenvalue weighted by atomic mass is 32.1. The number of nitrogens with two attached hydrogens (primary N) is 1. The van der Waals surface area contributed by atoms with Crippen molar-refractivity contribution in [2.45, 2.75) is 13.8 Å². The molecule has 2 nitrogen and oxygen atoms in total. The molecule has 1 atom stereocenters. The number of hydrogen-bond acceptors (Lipinski definition) is 3. The standard InChI is InChI=1S/C10H18N2S/c1-8(2)9(6-11)7-12-10-4-3-5-13-10/h3-5,8-9,12H,6-7,11H2,1-2H3. The molecule has 1 heterocycles. The summed E-state index contributed by atoms with van der Waals surface area (Å²) in [5, 5.41) is 6.71. The fourth-order valence-corrected chi connectivity index (χ4v) is 1.83. The first-order chi connectivity index (χ1) is 6.24. The minimum absolute atomic E-state index is 0.571. The maximum atomic E-state index is 5.68. The van der Waals surface area contributed by atoms with Crippen LogP contribution in [0, 0.1) is 11.8 Å². The Balaban J connectivity index is 2.32. The van der Waals surface area contributed by atoms with Gasteiger partial charge in [-0.05, 0) is 35.9 Å². The van der Waals surface area contributed by atoms with Crippen LogP contribution in [0.3, 0.4) is 0 Å². The molecule has 0 spiro atoms. The average Bonchev–Trinajstić information content (AvgIpc) is 2.57. The minimum Gasteiger partial charge on any atom is -0.377 e. The van der Waals surface area contributed by atoms with Crippen LogP contribution in [-0.4, -0.2) is 13.1 Å². The first-order valence-corrected chi connectivity index (χ1v) is 5.59. The Hall–Kier alpha value is -0.540. The molecule has 0 radical (unpaired) electrons. The average molecular weight is 198 g/mol. The Morgan fingerprint density at radius 2 is 2.31 bits per heavy atom. The molecule has 1 unspecified atom stereocenters. The smallest absolute Gasteiger partial charge is 0.0882 e. The zero-order chi connectivity index (χ0) is 9.68. The zero-order valence-corrected chi connectivity index (χ0v) is 9.10. The van der Waals surface area contributed by atoms with Crippen LogP contribution in [0.2, 0.25) is 0 Å². The van der Waals surface area contributed by atoms with E-state index >= 15 is 0 Å². The largest absolute Gasteiger partial charge is 0.377 e. The van der Waals surface area contributed by atoms with E-state index in [0.29, 0.717) is 11.8 Å². The topological polar surface area (TPSA) is 38.0 Å². The van der Waals surface area contributed by atoms with Crippen LogP contribution in [0.25, 0.3) is 0 Å². The van der Waals surface area contributed by atoms with Gasteiger partial charge in [0.15, 0.2) is 0 Å². The van der Waals surface area contributed by atoms with Crippen molar-refractivity contribution in [2.75, 3.05) is 18.4 Å². The second-order valence-corrected chi connectivity index (χ2v) is 4.55. The van der Waals surface area contributed by atoms with E-state index in [2.05, 4.69) is 36.7 Å². The summed E-state index contributed by atoms with van der Waals surface area (Å²) in [6, 6.07) is 4.15. The Labute approximate surface area is 84.2 Å². The van der Waals surface area contributed by atoms with E-state index in [0.717, 1.165) is 13.1 Å². The molecule has 3 heteroatoms. The molecule has 1 aromatic rings. The number of hydrogen-bond donors (Lipinski definition) is 2. The van der Waals surface area contributed by atoms with Gasteiger partial charge in [0, 0.05) is 6.54 Å². The third kappa shape index (κ3) is 3.36. The summed E-state index contributed by atoms with van der Waals surface area (Å²) in [4.78, 5) is 0. The molecule has 0 aromatic carbocycles. The number of anilines is 1. The van der Waals surface area contributed by atoms with Gasteiger partial charge in [0.25, 0.3) is 0 Å². The van der Waals surface area contributed by atoms with Crippen molar-refractivity contribution in [3.05, 3.63) is 17.5 Å². The van der Waals surface area contributed by atoms with Crippen LogP contribution < -0.4 is 11.1 Å². The quantitative estimate of drug-likeness (QED) is 0.762. The second-order valence-electron chi connectivity index (χ2n) is 3.60. The molecular formula is C10H18N2S. The van der Waals surface area contributed by atoms with Gasteiger partial charge >= 0.3 is 0 Å². The minimum atomic E-state index is 0.571. The van der Waals surface area contributed by atoms with E-state index in [4.69, 9.17) is 5.73 Å². The van der Waals surface area contributed by atoms with Gasteiger partial charge in [-0.2, -0.15) is 0 Å². The monoisotopic (exact) mass is 198 g/mol. The molecule has 0 aliphatic heterocycles. The molecule has 13 heavy (non-hydrogen) atoms. The molecule has 1 rings (SSSR count). The normalized spacial score (nSPS) is 13.2. The molecule has 0 amide bonds. The summed E-state index contributed by atoms with van der Waals surface area (Å²) in [6.07, 6.45) is 0. The van der Waals surface area contributed by atoms with Gasteiger partial charge in [-0.15, -0.1) is 11.3 Å². The fraction of sp³-hybridized carbons (Fsp3) is 0.600. The summed E-state index contributed by atoms with van der Waals surface area (Å²) in [5.74, 6) is 1.22. The molecule has 74 valence electrons. The van der Waals surface area contributed by atoms with Crippen LogP contribution in [0.4, 0.5) is 5.00 Å². The van der Waals surface area contributed by atoms with Crippen LogP contribution in [0.5, 0.6) is 0 Å². The molecule has 0 saturated heterocycles. The summed E-state index contributed by atoms with van der Waals surface area (Å²) in [5.41, 5.74) is 5.68. The Kier molecular flexibility index (Phi) is 4.25. The Morgan fingerprint density at radius 1 is 1.54 bits per heavy atom. The lowest BCUT2D eigenvalue weighted by molar-refractivity contribution is 0.413. The highest BCUT2D eigenvalue weighted by Gasteiger charge is 2.10. The van der Waals surface area contributed by atoms with Crippen molar-refractivity contribution in [1.29, 1.82) is 0 Å². The van der Waals surface area contributed by atoms with E-state index in [1.54, 1.807) is 11.3 Å². The fourth-order valence-electron chi connectivity index (χ4n) is 1.20. The number of nitrogens with one attached hydrogen (secondary N) is 1. The Morgan fingerprint density at radius 3 is 2.77 bits per heavy atom. The highest BCUT2D eigenvalue weighted by molar-refractivity contribution is 7.14. The molecule has 0 aliphatic carbocycles. The van der Waals surface area contributed by atoms with Crippen molar-refractivity contribution in [3.8, 4) is 0 Å². The lowest BCUT2D eigenvalue weighted by Gasteiger charge is -2.19. The molecule has 0 saturated carbocycles. The summed E-state index contributed by atoms with van der Waals surface area (Å²) < 4.78 is 0. The van der Waals surface area contributed by atoms with Crippen molar-refractivity contribution < 1.29 is 0 Å². The van der Waals surface area contributed by atoms with Gasteiger partial charge in [-0.25, -0.2) is 0 Å². The van der Waals surface area contributed by atoms with Gasteiger partial charge < -0.3 is 11.1 Å². The molecular weight excluding hydrogens is 180 g/mol. The van der Waals surface area contributed by atoms with Gasteiger partial charge in [0.05, 0.1) is 5.00 Å². The third-order valence-electron chi connectivity index (χ3n) is 2.31. The number of thiophene rings is 1. The van der Waals surface area contributed by atoms with Gasteiger partial charge in [0.1, 0.15) is 0 Å². The van der Waals surface area contributed by atoms with Crippen molar-refractivity contribution in [2.24, 2.45) is 17.6 Å². The van der Waals surface area contributed by atoms with E-state index in [1.807, 2.05) is 0 Å². The maximum absolute atomic E-state index is 5.68. The second kappa shape index (κ2) is 5.25. The van der Waals surface area contributed by atoms with Crippen LogP contribution in [0.1, 0.15) is 13.8 Å². The molecule has 0 fully saturated rings. The van der Waals surface area contributed by atoms with E-state index in [-0.39, 0.29) is 0 Å². The highest BCUT2D eigenvalue weighted by Crippen LogP contribution is 2.17. The van der Waals surface area contributed by atoms with E-state index in [1.165, 1.54) is 5.00 Å². The lowest BCUT2D eigenvalue weighted by atomic mass is 9.96. The lowest BCUT2D eigenvalue weighted by Crippen LogP contribution is -2.27. The first-order valence-electron chi connectivity index (χ1n) is 4.71. The third-order valence-corrected chi connectivity index (χ3v) is 3.13. The molecule has 0 aliphatic rings. The first kappa shape index (κ1) is 10.5. The summed E-state index contributed by atoms with van der Waals surface area (Å²) in [6.45, 7) is 6.17. The van der Waals surface area contributed by atoms with Crippen LogP contribution in [-0.2, 0) is 0 Å². The molecule has 3 N–H and O–H groups in total. The predicted octanol–water partition coefficient (Wildman–Crippen LogP) is 2.39. The summed E-state index contributed by atoms with van der Waals surface area (Å²) >= 11 is 1.74. The summed E-state index contributed by atoms with van der Waals surface area (Å²) in [7, 11) is 0. The van der Waals surface area contributed by atoms with E-state index in [9.17, 15) is 0 Å². The van der Waals surface area contributed by atoms with Crippen LogP contribution >= 0.6 is 11.3 Å². The zero-order valence-electron chi connectivity index (χ0n) is 8.29. The predicted molar refractivity (Wildman–Crippen MR) is 60.2 cm³/mol. The van der Waals surface area contributed by atoms with E-state index < -0.39 is 0 Å². The van der Waals surface area contributed by atoms with Gasteiger partial charge in [0.2, 0.25) is 0 Å². The SMILES string of the molecule is CC(C)C(CN)CNc1cccs1. The molecule has 1 aromatic heterocycles.